The van der Waals surface area contributed by atoms with Crippen molar-refractivity contribution in [3.05, 3.63) is 54.1 Å². The van der Waals surface area contributed by atoms with E-state index in [0.29, 0.717) is 5.75 Å². The van der Waals surface area contributed by atoms with Gasteiger partial charge in [-0.3, -0.25) is 5.26 Å². The van der Waals surface area contributed by atoms with Crippen molar-refractivity contribution < 1.29 is 34.0 Å². The average Bonchev–Trinajstić information content (AvgIpc) is 2.59. The first kappa shape index (κ1) is 17.1. The van der Waals surface area contributed by atoms with E-state index < -0.39 is 7.32 Å². The van der Waals surface area contributed by atoms with Gasteiger partial charge in [-0.15, -0.1) is 0 Å². The summed E-state index contributed by atoms with van der Waals surface area (Å²) in [6.07, 6.45) is 0. The lowest BCUT2D eigenvalue weighted by Crippen LogP contribution is -2.24. The summed E-state index contributed by atoms with van der Waals surface area (Å²) in [5.41, 5.74) is 0.943. The molecule has 0 spiro atoms. The van der Waals surface area contributed by atoms with E-state index in [9.17, 15) is 5.02 Å². The normalized spacial score (nSPS) is 10.2. The van der Waals surface area contributed by atoms with Crippen molar-refractivity contribution in [2.45, 2.75) is 6.61 Å². The Bertz CT molecular complexity index is 594. The maximum absolute atomic E-state index is 9.27. The summed E-state index contributed by atoms with van der Waals surface area (Å²) in [7, 11) is -0.347. The Hall–Kier alpha value is -2.26. The van der Waals surface area contributed by atoms with Gasteiger partial charge in [-0.2, -0.15) is 0 Å². The molecule has 23 heavy (non-hydrogen) atoms. The first-order valence-corrected chi connectivity index (χ1v) is 6.81. The largest absolute Gasteiger partial charge is 0.739 e. The van der Waals surface area contributed by atoms with E-state index in [2.05, 4.69) is 4.81 Å². The summed E-state index contributed by atoms with van der Waals surface area (Å²) in [5, 5.41) is 17.7. The van der Waals surface area contributed by atoms with Crippen molar-refractivity contribution >= 4 is 7.32 Å². The minimum absolute atomic E-state index is 0.0181. The minimum Gasteiger partial charge on any atom is -0.507 e. The standard InChI is InChI=1S/C15H17BO7/c1-19-11-21-13-8-5-9-14(22-16(17)23-18)15(13)20-10-12-6-3-2-4-7-12/h2-9,17-18H,10-11H2,1H3. The Morgan fingerprint density at radius 1 is 0.957 bits per heavy atom. The molecule has 0 unspecified atom stereocenters. The maximum atomic E-state index is 9.27. The highest BCUT2D eigenvalue weighted by atomic mass is 17.1. The SMILES string of the molecule is COCOc1cccc(OB(O)OO)c1OCc1ccccc1. The maximum Gasteiger partial charge on any atom is 0.739 e. The predicted molar refractivity (Wildman–Crippen MR) is 82.0 cm³/mol. The molecule has 2 aromatic rings. The fraction of sp³-hybridized carbons (Fsp3) is 0.200. The number of rotatable bonds is 9. The van der Waals surface area contributed by atoms with Crippen LogP contribution in [0.5, 0.6) is 17.2 Å². The van der Waals surface area contributed by atoms with Crippen LogP contribution >= 0.6 is 0 Å². The lowest BCUT2D eigenvalue weighted by atomic mass is 10.2. The van der Waals surface area contributed by atoms with Crippen molar-refractivity contribution in [3.63, 3.8) is 0 Å². The molecular weight excluding hydrogens is 303 g/mol. The predicted octanol–water partition coefficient (Wildman–Crippen LogP) is 2.09. The molecule has 0 aromatic heterocycles. The van der Waals surface area contributed by atoms with E-state index in [1.807, 2.05) is 30.3 Å². The quantitative estimate of drug-likeness (QED) is 0.317. The summed E-state index contributed by atoms with van der Waals surface area (Å²) < 4.78 is 21.1. The smallest absolute Gasteiger partial charge is 0.507 e. The highest BCUT2D eigenvalue weighted by molar-refractivity contribution is 6.35. The number of ether oxygens (including phenoxy) is 3. The molecule has 2 rings (SSSR count). The third kappa shape index (κ3) is 5.15. The van der Waals surface area contributed by atoms with E-state index in [-0.39, 0.29) is 24.9 Å². The highest BCUT2D eigenvalue weighted by Crippen LogP contribution is 2.38. The van der Waals surface area contributed by atoms with Gasteiger partial charge >= 0.3 is 7.32 Å². The molecule has 8 heteroatoms. The van der Waals surface area contributed by atoms with Crippen LogP contribution in [0.1, 0.15) is 5.56 Å². The van der Waals surface area contributed by atoms with Crippen LogP contribution in [0.2, 0.25) is 0 Å². The zero-order valence-corrected chi connectivity index (χ0v) is 12.5. The molecule has 0 heterocycles. The molecule has 0 atom stereocenters. The Morgan fingerprint density at radius 3 is 2.39 bits per heavy atom. The van der Waals surface area contributed by atoms with Crippen LogP contribution in [-0.2, 0) is 16.1 Å². The zero-order valence-electron chi connectivity index (χ0n) is 12.5. The number of hydrogen-bond acceptors (Lipinski definition) is 7. The monoisotopic (exact) mass is 320 g/mol. The summed E-state index contributed by atoms with van der Waals surface area (Å²) in [5.74, 6) is 0.769. The van der Waals surface area contributed by atoms with Crippen molar-refractivity contribution in [2.24, 2.45) is 0 Å². The Balaban J connectivity index is 2.20. The van der Waals surface area contributed by atoms with Gasteiger partial charge in [-0.25, -0.2) is 4.81 Å². The third-order valence-electron chi connectivity index (χ3n) is 2.82. The van der Waals surface area contributed by atoms with Crippen LogP contribution in [0, 0.1) is 0 Å². The Morgan fingerprint density at radius 2 is 1.70 bits per heavy atom. The van der Waals surface area contributed by atoms with E-state index in [0.717, 1.165) is 5.56 Å². The molecule has 0 bridgehead atoms. The fourth-order valence-corrected chi connectivity index (χ4v) is 1.83. The van der Waals surface area contributed by atoms with Gasteiger partial charge in [0.15, 0.2) is 12.5 Å². The van der Waals surface area contributed by atoms with Crippen LogP contribution in [0.4, 0.5) is 0 Å². The van der Waals surface area contributed by atoms with Gasteiger partial charge in [0, 0.05) is 7.11 Å². The summed E-state index contributed by atoms with van der Waals surface area (Å²) >= 11 is 0. The first-order chi connectivity index (χ1) is 11.2. The van der Waals surface area contributed by atoms with Gasteiger partial charge in [-0.05, 0) is 17.7 Å². The van der Waals surface area contributed by atoms with Gasteiger partial charge in [0.05, 0.1) is 0 Å². The molecule has 122 valence electrons. The molecule has 0 aliphatic rings. The molecule has 0 radical (unpaired) electrons. The average molecular weight is 320 g/mol. The second kappa shape index (κ2) is 9.01. The van der Waals surface area contributed by atoms with Crippen molar-refractivity contribution in [1.82, 2.24) is 0 Å². The summed E-state index contributed by atoms with van der Waals surface area (Å²) in [4.78, 5) is 3.71. The molecular formula is C15H17BO7. The van der Waals surface area contributed by atoms with Crippen molar-refractivity contribution in [2.75, 3.05) is 13.9 Å². The lowest BCUT2D eigenvalue weighted by molar-refractivity contribution is -0.171. The first-order valence-electron chi connectivity index (χ1n) is 6.81. The van der Waals surface area contributed by atoms with Crippen LogP contribution < -0.4 is 14.1 Å². The molecule has 0 saturated carbocycles. The van der Waals surface area contributed by atoms with Crippen molar-refractivity contribution in [3.8, 4) is 17.2 Å². The second-order valence-electron chi connectivity index (χ2n) is 4.44. The van der Waals surface area contributed by atoms with Gasteiger partial charge in [0.1, 0.15) is 12.4 Å². The van der Waals surface area contributed by atoms with E-state index in [1.54, 1.807) is 18.2 Å². The van der Waals surface area contributed by atoms with E-state index >= 15 is 0 Å². The molecule has 0 fully saturated rings. The molecule has 2 N–H and O–H groups in total. The summed E-state index contributed by atoms with van der Waals surface area (Å²) in [6.45, 7) is 0.283. The third-order valence-corrected chi connectivity index (χ3v) is 2.82. The number of hydrogen-bond donors (Lipinski definition) is 2. The van der Waals surface area contributed by atoms with Crippen LogP contribution in [0.25, 0.3) is 0 Å². The lowest BCUT2D eigenvalue weighted by Gasteiger charge is -2.17. The van der Waals surface area contributed by atoms with Gasteiger partial charge in [0.25, 0.3) is 0 Å². The minimum atomic E-state index is -1.84. The Kier molecular flexibility index (Phi) is 6.70. The van der Waals surface area contributed by atoms with Crippen LogP contribution in [0.3, 0.4) is 0 Å². The topological polar surface area (TPSA) is 86.6 Å². The molecule has 0 aliphatic carbocycles. The van der Waals surface area contributed by atoms with Crippen LogP contribution in [0.15, 0.2) is 48.5 Å². The molecule has 2 aromatic carbocycles. The second-order valence-corrected chi connectivity index (χ2v) is 4.44. The molecule has 7 nitrogen and oxygen atoms in total. The van der Waals surface area contributed by atoms with Gasteiger partial charge in [0.2, 0.25) is 5.75 Å². The molecule has 0 saturated heterocycles. The number of benzene rings is 2. The van der Waals surface area contributed by atoms with Gasteiger partial charge < -0.3 is 23.9 Å². The van der Waals surface area contributed by atoms with Crippen LogP contribution in [-0.4, -0.2) is 31.5 Å². The van der Waals surface area contributed by atoms with Gasteiger partial charge in [-0.1, -0.05) is 36.4 Å². The molecule has 0 amide bonds. The summed E-state index contributed by atoms with van der Waals surface area (Å²) in [6, 6.07) is 14.4. The number of para-hydroxylation sites is 1. The van der Waals surface area contributed by atoms with E-state index in [4.69, 9.17) is 24.1 Å². The Labute approximate surface area is 134 Å². The highest BCUT2D eigenvalue weighted by Gasteiger charge is 2.22. The number of methoxy groups -OCH3 is 1. The van der Waals surface area contributed by atoms with Crippen molar-refractivity contribution in [1.29, 1.82) is 0 Å². The van der Waals surface area contributed by atoms with E-state index in [1.165, 1.54) is 7.11 Å². The molecule has 0 aliphatic heterocycles. The zero-order chi connectivity index (χ0) is 16.5. The fourth-order valence-electron chi connectivity index (χ4n) is 1.83.